The van der Waals surface area contributed by atoms with Crippen molar-refractivity contribution in [2.75, 3.05) is 19.5 Å². The maximum Gasteiger partial charge on any atom is 0.237 e. The number of methoxy groups -OCH3 is 2. The molecule has 0 saturated carbocycles. The summed E-state index contributed by atoms with van der Waals surface area (Å²) in [4.78, 5) is 18.0. The lowest BCUT2D eigenvalue weighted by Gasteiger charge is -2.17. The fourth-order valence-corrected chi connectivity index (χ4v) is 4.91. The van der Waals surface area contributed by atoms with Crippen LogP contribution in [0.4, 0.5) is 5.69 Å². The lowest BCUT2D eigenvalue weighted by atomic mass is 9.98. The predicted molar refractivity (Wildman–Crippen MR) is 153 cm³/mol. The molecule has 0 radical (unpaired) electrons. The molecule has 4 rings (SSSR count). The number of amides is 1. The molecule has 1 amide bonds. The fourth-order valence-electron chi connectivity index (χ4n) is 3.99. The molecule has 6 nitrogen and oxygen atoms in total. The Hall–Kier alpha value is -4.28. The van der Waals surface area contributed by atoms with E-state index in [0.717, 1.165) is 27.9 Å². The molecule has 0 bridgehead atoms. The van der Waals surface area contributed by atoms with Crippen molar-refractivity contribution in [2.24, 2.45) is 0 Å². The summed E-state index contributed by atoms with van der Waals surface area (Å²) in [6.07, 6.45) is 0. The molecule has 0 aliphatic rings. The Morgan fingerprint density at radius 1 is 0.947 bits per heavy atom. The third-order valence-electron chi connectivity index (χ3n) is 6.20. The number of pyridine rings is 1. The van der Waals surface area contributed by atoms with Gasteiger partial charge in [-0.1, -0.05) is 65.9 Å². The molecule has 0 spiro atoms. The lowest BCUT2D eigenvalue weighted by Crippen LogP contribution is -2.23. The average Bonchev–Trinajstić information content (AvgIpc) is 2.93. The molecule has 0 fully saturated rings. The second-order valence-electron chi connectivity index (χ2n) is 8.85. The second kappa shape index (κ2) is 11.8. The van der Waals surface area contributed by atoms with Crippen molar-refractivity contribution in [3.8, 4) is 40.0 Å². The summed E-state index contributed by atoms with van der Waals surface area (Å²) >= 11 is 1.26. The minimum atomic E-state index is -0.499. The highest BCUT2D eigenvalue weighted by atomic mass is 32.2. The van der Waals surface area contributed by atoms with Gasteiger partial charge in [-0.15, -0.1) is 0 Å². The van der Waals surface area contributed by atoms with E-state index in [-0.39, 0.29) is 5.91 Å². The van der Waals surface area contributed by atoms with E-state index in [4.69, 9.17) is 14.5 Å². The van der Waals surface area contributed by atoms with Crippen molar-refractivity contribution in [1.29, 1.82) is 5.26 Å². The van der Waals surface area contributed by atoms with Crippen molar-refractivity contribution in [1.82, 2.24) is 4.98 Å². The summed E-state index contributed by atoms with van der Waals surface area (Å²) in [6.45, 7) is 5.79. The molecule has 1 aromatic heterocycles. The van der Waals surface area contributed by atoms with E-state index in [1.54, 1.807) is 14.2 Å². The average molecular weight is 524 g/mol. The zero-order chi connectivity index (χ0) is 27.2. The highest BCUT2D eigenvalue weighted by Crippen LogP contribution is 2.39. The minimum Gasteiger partial charge on any atom is -0.493 e. The van der Waals surface area contributed by atoms with E-state index >= 15 is 0 Å². The number of hydrogen-bond donors (Lipinski definition) is 1. The summed E-state index contributed by atoms with van der Waals surface area (Å²) in [5.74, 6) is 0.991. The van der Waals surface area contributed by atoms with Gasteiger partial charge in [0.2, 0.25) is 5.91 Å². The number of nitrogens with one attached hydrogen (secondary N) is 1. The Bertz CT molecular complexity index is 1510. The van der Waals surface area contributed by atoms with Gasteiger partial charge in [0.05, 0.1) is 30.7 Å². The SMILES string of the molecule is COc1ccc(-c2cc(-c3ccc(C)cc3)nc(S[C@@H](C)C(=O)Nc3ccccc3C)c2C#N)cc1OC. The van der Waals surface area contributed by atoms with Crippen molar-refractivity contribution in [2.45, 2.75) is 31.0 Å². The fraction of sp³-hybridized carbons (Fsp3) is 0.194. The number of anilines is 1. The molecule has 4 aromatic rings. The number of hydrogen-bond acceptors (Lipinski definition) is 6. The molecular formula is C31H29N3O3S. The van der Waals surface area contributed by atoms with Crippen LogP contribution in [0.25, 0.3) is 22.4 Å². The predicted octanol–water partition coefficient (Wildman–Crippen LogP) is 7.04. The number of ether oxygens (including phenoxy) is 2. The van der Waals surface area contributed by atoms with Gasteiger partial charge in [-0.3, -0.25) is 4.79 Å². The van der Waals surface area contributed by atoms with Crippen molar-refractivity contribution < 1.29 is 14.3 Å². The van der Waals surface area contributed by atoms with Crippen LogP contribution in [-0.4, -0.2) is 30.4 Å². The Labute approximate surface area is 227 Å². The highest BCUT2D eigenvalue weighted by molar-refractivity contribution is 8.00. The second-order valence-corrected chi connectivity index (χ2v) is 10.2. The molecule has 0 aliphatic heterocycles. The first-order chi connectivity index (χ1) is 18.3. The van der Waals surface area contributed by atoms with Crippen LogP contribution in [-0.2, 0) is 4.79 Å². The van der Waals surface area contributed by atoms with Crippen LogP contribution in [0.15, 0.2) is 77.8 Å². The van der Waals surface area contributed by atoms with Crippen molar-refractivity contribution in [3.63, 3.8) is 0 Å². The standard InChI is InChI=1S/C31H29N3O3S/c1-19-10-12-22(13-11-19)27-17-24(23-14-15-28(36-4)29(16-23)37-5)25(18-32)31(34-27)38-21(3)30(35)33-26-9-7-6-8-20(26)2/h6-17,21H,1-5H3,(H,33,35)/t21-/m0/s1. The van der Waals surface area contributed by atoms with Crippen LogP contribution in [0.5, 0.6) is 11.5 Å². The van der Waals surface area contributed by atoms with Gasteiger partial charge >= 0.3 is 0 Å². The van der Waals surface area contributed by atoms with Crippen LogP contribution in [0, 0.1) is 25.2 Å². The third kappa shape index (κ3) is 5.82. The molecule has 1 atom stereocenters. The largest absolute Gasteiger partial charge is 0.493 e. The number of thioether (sulfide) groups is 1. The van der Waals surface area contributed by atoms with Crippen LogP contribution in [0.1, 0.15) is 23.6 Å². The molecule has 192 valence electrons. The number of benzene rings is 3. The molecule has 0 aliphatic carbocycles. The van der Waals surface area contributed by atoms with Gasteiger partial charge < -0.3 is 14.8 Å². The van der Waals surface area contributed by atoms with Gasteiger partial charge in [0, 0.05) is 16.8 Å². The number of nitrogens with zero attached hydrogens (tertiary/aromatic N) is 2. The summed E-state index contributed by atoms with van der Waals surface area (Å²) in [5, 5.41) is 13.2. The highest BCUT2D eigenvalue weighted by Gasteiger charge is 2.22. The van der Waals surface area contributed by atoms with E-state index in [2.05, 4.69) is 11.4 Å². The number of aryl methyl sites for hydroxylation is 2. The summed E-state index contributed by atoms with van der Waals surface area (Å²) in [7, 11) is 3.16. The topological polar surface area (TPSA) is 84.2 Å². The Morgan fingerprint density at radius 2 is 1.63 bits per heavy atom. The Kier molecular flexibility index (Phi) is 8.35. The van der Waals surface area contributed by atoms with Gasteiger partial charge in [-0.05, 0) is 56.2 Å². The van der Waals surface area contributed by atoms with E-state index in [0.29, 0.717) is 33.3 Å². The molecule has 7 heteroatoms. The summed E-state index contributed by atoms with van der Waals surface area (Å²) < 4.78 is 10.9. The zero-order valence-electron chi connectivity index (χ0n) is 22.0. The normalized spacial score (nSPS) is 11.4. The van der Waals surface area contributed by atoms with Crippen LogP contribution in [0.2, 0.25) is 0 Å². The van der Waals surface area contributed by atoms with E-state index in [9.17, 15) is 10.1 Å². The molecule has 38 heavy (non-hydrogen) atoms. The Balaban J connectivity index is 1.79. The summed E-state index contributed by atoms with van der Waals surface area (Å²) in [5.41, 5.74) is 6.39. The first kappa shape index (κ1) is 26.8. The van der Waals surface area contributed by atoms with Crippen LogP contribution in [0.3, 0.4) is 0 Å². The molecule has 1 heterocycles. The number of carbonyl (C=O) groups excluding carboxylic acids is 1. The number of para-hydroxylation sites is 1. The summed E-state index contributed by atoms with van der Waals surface area (Å²) in [6, 6.07) is 25.5. The van der Waals surface area contributed by atoms with Crippen molar-refractivity contribution >= 4 is 23.4 Å². The quantitative estimate of drug-likeness (QED) is 0.249. The number of carbonyl (C=O) groups is 1. The van der Waals surface area contributed by atoms with Gasteiger partial charge in [0.1, 0.15) is 11.1 Å². The number of nitriles is 1. The van der Waals surface area contributed by atoms with Gasteiger partial charge in [-0.25, -0.2) is 4.98 Å². The molecule has 0 unspecified atom stereocenters. The minimum absolute atomic E-state index is 0.164. The van der Waals surface area contributed by atoms with Gasteiger partial charge in [0.25, 0.3) is 0 Å². The maximum atomic E-state index is 13.1. The zero-order valence-corrected chi connectivity index (χ0v) is 22.8. The molecule has 1 N–H and O–H groups in total. The lowest BCUT2D eigenvalue weighted by molar-refractivity contribution is -0.115. The van der Waals surface area contributed by atoms with E-state index in [1.807, 2.05) is 93.6 Å². The van der Waals surface area contributed by atoms with Gasteiger partial charge in [-0.2, -0.15) is 5.26 Å². The Morgan fingerprint density at radius 3 is 2.29 bits per heavy atom. The van der Waals surface area contributed by atoms with Crippen LogP contribution < -0.4 is 14.8 Å². The van der Waals surface area contributed by atoms with E-state index in [1.165, 1.54) is 11.8 Å². The van der Waals surface area contributed by atoms with Gasteiger partial charge in [0.15, 0.2) is 11.5 Å². The first-order valence-corrected chi connectivity index (χ1v) is 13.0. The molecular weight excluding hydrogens is 494 g/mol. The van der Waals surface area contributed by atoms with E-state index < -0.39 is 5.25 Å². The monoisotopic (exact) mass is 523 g/mol. The van der Waals surface area contributed by atoms with Crippen molar-refractivity contribution in [3.05, 3.63) is 89.5 Å². The molecule has 3 aromatic carbocycles. The first-order valence-electron chi connectivity index (χ1n) is 12.1. The number of rotatable bonds is 8. The van der Waals surface area contributed by atoms with Crippen LogP contribution >= 0.6 is 11.8 Å². The maximum absolute atomic E-state index is 13.1. The number of aromatic nitrogens is 1. The smallest absolute Gasteiger partial charge is 0.237 e. The molecule has 0 saturated heterocycles. The third-order valence-corrected chi connectivity index (χ3v) is 7.29.